The minimum atomic E-state index is -0.858. The van der Waals surface area contributed by atoms with Gasteiger partial charge in [-0.15, -0.1) is 0 Å². The van der Waals surface area contributed by atoms with Crippen molar-refractivity contribution in [1.29, 1.82) is 0 Å². The van der Waals surface area contributed by atoms with E-state index in [1.54, 1.807) is 12.1 Å². The smallest absolute Gasteiger partial charge is 0.335 e. The summed E-state index contributed by atoms with van der Waals surface area (Å²) in [7, 11) is 0. The molecule has 0 bridgehead atoms. The molecule has 1 heterocycles. The van der Waals surface area contributed by atoms with Gasteiger partial charge < -0.3 is 9.67 Å². The van der Waals surface area contributed by atoms with Crippen molar-refractivity contribution in [2.75, 3.05) is 0 Å². The number of carboxylic acids is 1. The van der Waals surface area contributed by atoms with Crippen molar-refractivity contribution in [3.8, 4) is 0 Å². The van der Waals surface area contributed by atoms with Crippen LogP contribution in [0, 0.1) is 6.92 Å². The standard InChI is InChI=1S/C13H13NO2/c1-8-6-9-2-3-10(13(15)16)7-12(9)14(8)11-4-5-11/h2-3,6-7,11H,4-5H2,1H3,(H,15,16). The summed E-state index contributed by atoms with van der Waals surface area (Å²) in [6.45, 7) is 2.08. The first-order chi connectivity index (χ1) is 7.66. The summed E-state index contributed by atoms with van der Waals surface area (Å²) in [5, 5.41) is 10.1. The third-order valence-electron chi connectivity index (χ3n) is 3.19. The van der Waals surface area contributed by atoms with Crippen molar-refractivity contribution >= 4 is 16.9 Å². The number of aromatic nitrogens is 1. The molecule has 0 radical (unpaired) electrons. The van der Waals surface area contributed by atoms with E-state index < -0.39 is 5.97 Å². The third-order valence-corrected chi connectivity index (χ3v) is 3.19. The van der Waals surface area contributed by atoms with Crippen LogP contribution < -0.4 is 0 Å². The Kier molecular flexibility index (Phi) is 1.84. The van der Waals surface area contributed by atoms with Crippen LogP contribution in [0.1, 0.15) is 34.9 Å². The molecule has 3 nitrogen and oxygen atoms in total. The Morgan fingerprint density at radius 1 is 1.38 bits per heavy atom. The molecule has 0 saturated heterocycles. The molecule has 1 aromatic carbocycles. The highest BCUT2D eigenvalue weighted by molar-refractivity contribution is 5.93. The lowest BCUT2D eigenvalue weighted by Gasteiger charge is -2.06. The van der Waals surface area contributed by atoms with E-state index in [0.717, 1.165) is 10.9 Å². The molecule has 0 atom stereocenters. The van der Waals surface area contributed by atoms with Crippen molar-refractivity contribution in [3.63, 3.8) is 0 Å². The van der Waals surface area contributed by atoms with Gasteiger partial charge in [0, 0.05) is 17.3 Å². The van der Waals surface area contributed by atoms with E-state index >= 15 is 0 Å². The van der Waals surface area contributed by atoms with Gasteiger partial charge in [-0.25, -0.2) is 4.79 Å². The maximum Gasteiger partial charge on any atom is 0.335 e. The molecule has 3 heteroatoms. The molecule has 0 unspecified atom stereocenters. The molecule has 1 aliphatic rings. The van der Waals surface area contributed by atoms with E-state index in [-0.39, 0.29) is 0 Å². The lowest BCUT2D eigenvalue weighted by Crippen LogP contribution is -1.99. The van der Waals surface area contributed by atoms with Gasteiger partial charge in [-0.2, -0.15) is 0 Å². The molecule has 1 saturated carbocycles. The second-order valence-electron chi connectivity index (χ2n) is 4.47. The molecular weight excluding hydrogens is 202 g/mol. The van der Waals surface area contributed by atoms with Crippen LogP contribution in [0.5, 0.6) is 0 Å². The van der Waals surface area contributed by atoms with Crippen LogP contribution in [-0.4, -0.2) is 15.6 Å². The van der Waals surface area contributed by atoms with E-state index in [2.05, 4.69) is 17.6 Å². The molecular formula is C13H13NO2. The number of aromatic carboxylic acids is 1. The van der Waals surface area contributed by atoms with Gasteiger partial charge >= 0.3 is 5.97 Å². The highest BCUT2D eigenvalue weighted by atomic mass is 16.4. The third kappa shape index (κ3) is 1.32. The summed E-state index contributed by atoms with van der Waals surface area (Å²) in [4.78, 5) is 10.9. The first-order valence-corrected chi connectivity index (χ1v) is 5.52. The molecule has 82 valence electrons. The second kappa shape index (κ2) is 3.11. The molecule has 1 aliphatic carbocycles. The Labute approximate surface area is 93.3 Å². The first kappa shape index (κ1) is 9.46. The van der Waals surface area contributed by atoms with Gasteiger partial charge in [-0.1, -0.05) is 6.07 Å². The Morgan fingerprint density at radius 2 is 2.12 bits per heavy atom. The predicted molar refractivity (Wildman–Crippen MR) is 61.9 cm³/mol. The van der Waals surface area contributed by atoms with Gasteiger partial charge in [0.05, 0.1) is 5.56 Å². The zero-order valence-corrected chi connectivity index (χ0v) is 9.10. The van der Waals surface area contributed by atoms with Crippen molar-refractivity contribution in [1.82, 2.24) is 4.57 Å². The summed E-state index contributed by atoms with van der Waals surface area (Å²) in [6.07, 6.45) is 2.42. The number of hydrogen-bond acceptors (Lipinski definition) is 1. The minimum Gasteiger partial charge on any atom is -0.478 e. The number of nitrogens with zero attached hydrogens (tertiary/aromatic N) is 1. The number of carbonyl (C=O) groups is 1. The monoisotopic (exact) mass is 215 g/mol. The normalized spacial score (nSPS) is 15.6. The summed E-state index contributed by atoms with van der Waals surface area (Å²) in [5.41, 5.74) is 2.65. The van der Waals surface area contributed by atoms with E-state index in [4.69, 9.17) is 5.11 Å². The van der Waals surface area contributed by atoms with Crippen molar-refractivity contribution in [2.24, 2.45) is 0 Å². The van der Waals surface area contributed by atoms with Crippen LogP contribution in [0.15, 0.2) is 24.3 Å². The number of carboxylic acid groups (broad SMARTS) is 1. The van der Waals surface area contributed by atoms with Crippen molar-refractivity contribution < 1.29 is 9.90 Å². The van der Waals surface area contributed by atoms with Crippen LogP contribution in [0.25, 0.3) is 10.9 Å². The molecule has 0 aliphatic heterocycles. The number of hydrogen-bond donors (Lipinski definition) is 1. The van der Waals surface area contributed by atoms with Gasteiger partial charge in [-0.3, -0.25) is 0 Å². The molecule has 16 heavy (non-hydrogen) atoms. The topological polar surface area (TPSA) is 42.2 Å². The lowest BCUT2D eigenvalue weighted by atomic mass is 10.1. The van der Waals surface area contributed by atoms with E-state index in [0.29, 0.717) is 11.6 Å². The van der Waals surface area contributed by atoms with Crippen LogP contribution in [-0.2, 0) is 0 Å². The highest BCUT2D eigenvalue weighted by Crippen LogP contribution is 2.39. The lowest BCUT2D eigenvalue weighted by molar-refractivity contribution is 0.0697. The number of rotatable bonds is 2. The maximum absolute atomic E-state index is 10.9. The van der Waals surface area contributed by atoms with E-state index in [1.165, 1.54) is 18.5 Å². The van der Waals surface area contributed by atoms with E-state index in [1.807, 2.05) is 6.07 Å². The van der Waals surface area contributed by atoms with E-state index in [9.17, 15) is 4.79 Å². The Bertz CT molecular complexity index is 579. The predicted octanol–water partition coefficient (Wildman–Crippen LogP) is 2.98. The molecule has 3 rings (SSSR count). The highest BCUT2D eigenvalue weighted by Gasteiger charge is 2.26. The zero-order chi connectivity index (χ0) is 11.3. The van der Waals surface area contributed by atoms with Crippen molar-refractivity contribution in [2.45, 2.75) is 25.8 Å². The number of benzene rings is 1. The fourth-order valence-electron chi connectivity index (χ4n) is 2.31. The van der Waals surface area contributed by atoms with Crippen LogP contribution in [0.3, 0.4) is 0 Å². The van der Waals surface area contributed by atoms with Gasteiger partial charge in [0.2, 0.25) is 0 Å². The summed E-state index contributed by atoms with van der Waals surface area (Å²) >= 11 is 0. The number of fused-ring (bicyclic) bond motifs is 1. The maximum atomic E-state index is 10.9. The second-order valence-corrected chi connectivity index (χ2v) is 4.47. The first-order valence-electron chi connectivity index (χ1n) is 5.52. The van der Waals surface area contributed by atoms with Crippen molar-refractivity contribution in [3.05, 3.63) is 35.5 Å². The molecule has 1 aromatic heterocycles. The van der Waals surface area contributed by atoms with Gasteiger partial charge in [0.15, 0.2) is 0 Å². The largest absolute Gasteiger partial charge is 0.478 e. The van der Waals surface area contributed by atoms with Crippen LogP contribution in [0.2, 0.25) is 0 Å². The van der Waals surface area contributed by atoms with Gasteiger partial charge in [-0.05, 0) is 43.4 Å². The molecule has 0 amide bonds. The molecule has 1 fully saturated rings. The SMILES string of the molecule is Cc1cc2ccc(C(=O)O)cc2n1C1CC1. The molecule has 2 aromatic rings. The Morgan fingerprint density at radius 3 is 2.75 bits per heavy atom. The van der Waals surface area contributed by atoms with Gasteiger partial charge in [0.1, 0.15) is 0 Å². The Balaban J connectivity index is 2.27. The fourth-order valence-corrected chi connectivity index (χ4v) is 2.31. The van der Waals surface area contributed by atoms with Crippen LogP contribution in [0.4, 0.5) is 0 Å². The fraction of sp³-hybridized carbons (Fsp3) is 0.308. The number of aryl methyl sites for hydroxylation is 1. The minimum absolute atomic E-state index is 0.368. The summed E-state index contributed by atoms with van der Waals surface area (Å²) < 4.78 is 2.27. The summed E-state index contributed by atoms with van der Waals surface area (Å²) in [6, 6.07) is 8.05. The van der Waals surface area contributed by atoms with Crippen LogP contribution >= 0.6 is 0 Å². The zero-order valence-electron chi connectivity index (χ0n) is 9.10. The average Bonchev–Trinajstić information content (AvgIpc) is 3.00. The summed E-state index contributed by atoms with van der Waals surface area (Å²) in [5.74, 6) is -0.858. The quantitative estimate of drug-likeness (QED) is 0.836. The molecule has 0 spiro atoms. The van der Waals surface area contributed by atoms with Gasteiger partial charge in [0.25, 0.3) is 0 Å². The average molecular weight is 215 g/mol. The Hall–Kier alpha value is -1.77. The molecule has 1 N–H and O–H groups in total.